The summed E-state index contributed by atoms with van der Waals surface area (Å²) in [6.07, 6.45) is 4.29. The van der Waals surface area contributed by atoms with Gasteiger partial charge in [0.05, 0.1) is 11.4 Å². The van der Waals surface area contributed by atoms with Crippen LogP contribution in [-0.2, 0) is 12.8 Å². The Bertz CT molecular complexity index is 802. The molecule has 0 atom stereocenters. The first-order valence-electron chi connectivity index (χ1n) is 6.49. The molecule has 19 heavy (non-hydrogen) atoms. The molecule has 3 aromatic rings. The maximum absolute atomic E-state index is 4.88. The number of nitrogens with zero attached hydrogens (tertiary/aromatic N) is 2. The molecule has 0 radical (unpaired) electrons. The predicted molar refractivity (Wildman–Crippen MR) is 80.5 cm³/mol. The maximum atomic E-state index is 4.88. The fourth-order valence-electron chi connectivity index (χ4n) is 2.99. The highest BCUT2D eigenvalue weighted by Gasteiger charge is 2.21. The van der Waals surface area contributed by atoms with Crippen molar-refractivity contribution in [2.45, 2.75) is 19.8 Å². The average molecular weight is 313 g/mol. The third-order valence-corrected chi connectivity index (χ3v) is 4.31. The summed E-state index contributed by atoms with van der Waals surface area (Å²) < 4.78 is 3.35. The number of aryl methyl sites for hydroxylation is 3. The van der Waals surface area contributed by atoms with Crippen molar-refractivity contribution in [3.8, 4) is 11.3 Å². The van der Waals surface area contributed by atoms with E-state index in [2.05, 4.69) is 63.8 Å². The number of halogens is 1. The molecule has 3 heteroatoms. The Labute approximate surface area is 120 Å². The fourth-order valence-corrected chi connectivity index (χ4v) is 3.54. The van der Waals surface area contributed by atoms with Gasteiger partial charge in [-0.25, -0.2) is 4.98 Å². The highest BCUT2D eigenvalue weighted by atomic mass is 79.9. The van der Waals surface area contributed by atoms with E-state index >= 15 is 0 Å². The van der Waals surface area contributed by atoms with E-state index < -0.39 is 0 Å². The molecule has 0 aliphatic heterocycles. The van der Waals surface area contributed by atoms with Crippen LogP contribution in [0, 0.1) is 6.92 Å². The first-order chi connectivity index (χ1) is 9.24. The second-order valence-corrected chi connectivity index (χ2v) is 6.01. The van der Waals surface area contributed by atoms with Crippen molar-refractivity contribution in [3.63, 3.8) is 0 Å². The summed E-state index contributed by atoms with van der Waals surface area (Å²) >= 11 is 3.58. The lowest BCUT2D eigenvalue weighted by Gasteiger charge is -2.15. The van der Waals surface area contributed by atoms with E-state index in [0.717, 1.165) is 28.7 Å². The Hall–Kier alpha value is -1.61. The number of rotatable bonds is 0. The van der Waals surface area contributed by atoms with Crippen LogP contribution in [0.4, 0.5) is 0 Å². The van der Waals surface area contributed by atoms with E-state index in [4.69, 9.17) is 4.98 Å². The number of imidazole rings is 1. The van der Waals surface area contributed by atoms with Gasteiger partial charge in [0, 0.05) is 16.2 Å². The van der Waals surface area contributed by atoms with Crippen LogP contribution < -0.4 is 0 Å². The summed E-state index contributed by atoms with van der Waals surface area (Å²) in [6, 6.07) is 10.7. The highest BCUT2D eigenvalue weighted by Crippen LogP contribution is 2.34. The second-order valence-electron chi connectivity index (χ2n) is 5.10. The van der Waals surface area contributed by atoms with Crippen molar-refractivity contribution in [2.75, 3.05) is 0 Å². The fraction of sp³-hybridized carbons (Fsp3) is 0.188. The van der Waals surface area contributed by atoms with Crippen LogP contribution in [0.15, 0.2) is 41.0 Å². The summed E-state index contributed by atoms with van der Waals surface area (Å²) in [5, 5.41) is 0. The molecule has 2 heterocycles. The zero-order chi connectivity index (χ0) is 13.0. The Morgan fingerprint density at radius 3 is 2.95 bits per heavy atom. The lowest BCUT2D eigenvalue weighted by atomic mass is 9.92. The number of hydrogen-bond acceptors (Lipinski definition) is 1. The molecule has 4 rings (SSSR count). The highest BCUT2D eigenvalue weighted by molar-refractivity contribution is 9.10. The van der Waals surface area contributed by atoms with Gasteiger partial charge >= 0.3 is 0 Å². The molecule has 1 aliphatic carbocycles. The molecular formula is C16H13BrN2. The van der Waals surface area contributed by atoms with Crippen LogP contribution in [0.2, 0.25) is 0 Å². The first kappa shape index (κ1) is 11.2. The van der Waals surface area contributed by atoms with Gasteiger partial charge in [0.25, 0.3) is 0 Å². The van der Waals surface area contributed by atoms with Crippen LogP contribution >= 0.6 is 15.9 Å². The van der Waals surface area contributed by atoms with Crippen LogP contribution in [0.1, 0.15) is 16.8 Å². The minimum absolute atomic E-state index is 1.06. The number of benzene rings is 1. The molecule has 0 amide bonds. The number of hydrogen-bond donors (Lipinski definition) is 0. The van der Waals surface area contributed by atoms with Crippen LogP contribution in [0.3, 0.4) is 0 Å². The van der Waals surface area contributed by atoms with Gasteiger partial charge in [-0.3, -0.25) is 0 Å². The standard InChI is InChI=1S/C16H13BrN2/c1-10-8-12(17)9-19-14-7-6-11-4-2-3-5-13(11)15(14)18-16(10)19/h2-5,8-9H,6-7H2,1H3. The third-order valence-electron chi connectivity index (χ3n) is 3.87. The molecule has 0 unspecified atom stereocenters. The Kier molecular flexibility index (Phi) is 2.33. The molecule has 0 fully saturated rings. The molecule has 0 bridgehead atoms. The van der Waals surface area contributed by atoms with Gasteiger partial charge < -0.3 is 4.40 Å². The zero-order valence-corrected chi connectivity index (χ0v) is 12.2. The summed E-state index contributed by atoms with van der Waals surface area (Å²) in [6.45, 7) is 2.12. The summed E-state index contributed by atoms with van der Waals surface area (Å²) in [4.78, 5) is 4.88. The van der Waals surface area contributed by atoms with Gasteiger partial charge in [-0.1, -0.05) is 24.3 Å². The monoisotopic (exact) mass is 312 g/mol. The second kappa shape index (κ2) is 3.94. The molecule has 0 N–H and O–H groups in total. The van der Waals surface area contributed by atoms with E-state index in [1.807, 2.05) is 0 Å². The van der Waals surface area contributed by atoms with Gasteiger partial charge in [-0.15, -0.1) is 0 Å². The van der Waals surface area contributed by atoms with E-state index in [1.54, 1.807) is 0 Å². The van der Waals surface area contributed by atoms with Crippen molar-refractivity contribution in [3.05, 3.63) is 57.8 Å². The molecule has 1 aliphatic rings. The van der Waals surface area contributed by atoms with Gasteiger partial charge in [-0.05, 0) is 52.9 Å². The quantitative estimate of drug-likeness (QED) is 0.609. The van der Waals surface area contributed by atoms with Crippen LogP contribution in [0.25, 0.3) is 16.9 Å². The topological polar surface area (TPSA) is 17.3 Å². The lowest BCUT2D eigenvalue weighted by molar-refractivity contribution is 0.878. The van der Waals surface area contributed by atoms with E-state index in [-0.39, 0.29) is 0 Å². The predicted octanol–water partition coefficient (Wildman–Crippen LogP) is 4.17. The first-order valence-corrected chi connectivity index (χ1v) is 7.29. The summed E-state index contributed by atoms with van der Waals surface area (Å²) in [5.74, 6) is 0. The van der Waals surface area contributed by atoms with Crippen molar-refractivity contribution in [1.29, 1.82) is 0 Å². The third kappa shape index (κ3) is 1.58. The van der Waals surface area contributed by atoms with Gasteiger partial charge in [0.15, 0.2) is 0 Å². The molecule has 0 saturated carbocycles. The van der Waals surface area contributed by atoms with Gasteiger partial charge in [0.1, 0.15) is 5.65 Å². The van der Waals surface area contributed by atoms with Gasteiger partial charge in [0.2, 0.25) is 0 Å². The minimum atomic E-state index is 1.06. The zero-order valence-electron chi connectivity index (χ0n) is 10.7. The molecule has 94 valence electrons. The van der Waals surface area contributed by atoms with Crippen molar-refractivity contribution >= 4 is 21.6 Å². The molecule has 2 aromatic heterocycles. The van der Waals surface area contributed by atoms with Crippen molar-refractivity contribution in [1.82, 2.24) is 9.38 Å². The van der Waals surface area contributed by atoms with E-state index in [0.29, 0.717) is 0 Å². The molecule has 0 spiro atoms. The van der Waals surface area contributed by atoms with Crippen molar-refractivity contribution in [2.24, 2.45) is 0 Å². The van der Waals surface area contributed by atoms with E-state index in [9.17, 15) is 0 Å². The Morgan fingerprint density at radius 2 is 2.05 bits per heavy atom. The Balaban J connectivity index is 2.11. The number of pyridine rings is 1. The molecule has 2 nitrogen and oxygen atoms in total. The Morgan fingerprint density at radius 1 is 1.21 bits per heavy atom. The van der Waals surface area contributed by atoms with Crippen molar-refractivity contribution < 1.29 is 0 Å². The van der Waals surface area contributed by atoms with Gasteiger partial charge in [-0.2, -0.15) is 0 Å². The number of fused-ring (bicyclic) bond motifs is 5. The molecule has 1 aromatic carbocycles. The smallest absolute Gasteiger partial charge is 0.140 e. The normalized spacial score (nSPS) is 13.4. The maximum Gasteiger partial charge on any atom is 0.140 e. The average Bonchev–Trinajstić information content (AvgIpc) is 2.78. The molecule has 0 saturated heterocycles. The largest absolute Gasteiger partial charge is 0.302 e. The van der Waals surface area contributed by atoms with Crippen LogP contribution in [-0.4, -0.2) is 9.38 Å². The summed E-state index contributed by atoms with van der Waals surface area (Å²) in [5.41, 5.74) is 7.48. The SMILES string of the molecule is Cc1cc(Br)cn2c3c(nc12)-c1ccccc1CC3. The molecular weight excluding hydrogens is 300 g/mol. The number of aromatic nitrogens is 2. The summed E-state index contributed by atoms with van der Waals surface area (Å²) in [7, 11) is 0. The lowest BCUT2D eigenvalue weighted by Crippen LogP contribution is -2.05. The van der Waals surface area contributed by atoms with E-state index in [1.165, 1.54) is 22.4 Å². The van der Waals surface area contributed by atoms with Crippen LogP contribution in [0.5, 0.6) is 0 Å². The minimum Gasteiger partial charge on any atom is -0.302 e.